The van der Waals surface area contributed by atoms with Crippen molar-refractivity contribution < 1.29 is 9.13 Å². The van der Waals surface area contributed by atoms with Crippen LogP contribution in [0.4, 0.5) is 4.39 Å². The van der Waals surface area contributed by atoms with Gasteiger partial charge in [0.15, 0.2) is 0 Å². The van der Waals surface area contributed by atoms with E-state index in [2.05, 4.69) is 18.3 Å². The zero-order valence-corrected chi connectivity index (χ0v) is 11.4. The van der Waals surface area contributed by atoms with Crippen LogP contribution >= 0.6 is 0 Å². The third kappa shape index (κ3) is 4.98. The zero-order valence-electron chi connectivity index (χ0n) is 11.4. The molecule has 0 spiro atoms. The lowest BCUT2D eigenvalue weighted by molar-refractivity contribution is 0.199. The number of halogens is 1. The van der Waals surface area contributed by atoms with E-state index in [-0.39, 0.29) is 5.82 Å². The lowest BCUT2D eigenvalue weighted by Crippen LogP contribution is -2.19. The SMILES string of the molecule is COCCNCCC=C(C)c1ccc(F)cc1C. The second-order valence-corrected chi connectivity index (χ2v) is 4.38. The molecule has 0 atom stereocenters. The van der Waals surface area contributed by atoms with E-state index in [0.717, 1.165) is 37.2 Å². The molecule has 0 radical (unpaired) electrons. The highest BCUT2D eigenvalue weighted by atomic mass is 19.1. The van der Waals surface area contributed by atoms with Gasteiger partial charge in [0.25, 0.3) is 0 Å². The Balaban J connectivity index is 2.45. The highest BCUT2D eigenvalue weighted by Gasteiger charge is 2.01. The molecule has 0 bridgehead atoms. The molecule has 1 rings (SSSR count). The molecule has 2 nitrogen and oxygen atoms in total. The van der Waals surface area contributed by atoms with Crippen molar-refractivity contribution in [2.45, 2.75) is 20.3 Å². The Morgan fingerprint density at radius 3 is 2.83 bits per heavy atom. The maximum absolute atomic E-state index is 13.0. The minimum Gasteiger partial charge on any atom is -0.383 e. The molecule has 0 saturated carbocycles. The number of rotatable bonds is 7. The summed E-state index contributed by atoms with van der Waals surface area (Å²) >= 11 is 0. The van der Waals surface area contributed by atoms with Crippen molar-refractivity contribution in [2.24, 2.45) is 0 Å². The first-order valence-corrected chi connectivity index (χ1v) is 6.28. The minimum absolute atomic E-state index is 0.176. The third-order valence-electron chi connectivity index (χ3n) is 2.87. The van der Waals surface area contributed by atoms with E-state index >= 15 is 0 Å². The van der Waals surface area contributed by atoms with Crippen molar-refractivity contribution in [3.63, 3.8) is 0 Å². The van der Waals surface area contributed by atoms with Crippen LogP contribution in [0.5, 0.6) is 0 Å². The first kappa shape index (κ1) is 14.9. The fourth-order valence-electron chi connectivity index (χ4n) is 1.87. The normalized spacial score (nSPS) is 11.9. The van der Waals surface area contributed by atoms with E-state index < -0.39 is 0 Å². The van der Waals surface area contributed by atoms with Gasteiger partial charge in [-0.1, -0.05) is 12.1 Å². The fourth-order valence-corrected chi connectivity index (χ4v) is 1.87. The van der Waals surface area contributed by atoms with Gasteiger partial charge in [0.2, 0.25) is 0 Å². The molecule has 18 heavy (non-hydrogen) atoms. The number of nitrogens with one attached hydrogen (secondary N) is 1. The minimum atomic E-state index is -0.176. The van der Waals surface area contributed by atoms with Gasteiger partial charge in [-0.25, -0.2) is 4.39 Å². The van der Waals surface area contributed by atoms with E-state index in [1.54, 1.807) is 13.2 Å². The molecular weight excluding hydrogens is 229 g/mol. The van der Waals surface area contributed by atoms with Crippen LogP contribution in [0.2, 0.25) is 0 Å². The first-order valence-electron chi connectivity index (χ1n) is 6.28. The van der Waals surface area contributed by atoms with Gasteiger partial charge in [0, 0.05) is 13.7 Å². The van der Waals surface area contributed by atoms with Gasteiger partial charge in [0.05, 0.1) is 6.61 Å². The highest BCUT2D eigenvalue weighted by Crippen LogP contribution is 2.19. The molecule has 0 aliphatic heterocycles. The lowest BCUT2D eigenvalue weighted by Gasteiger charge is -2.07. The molecule has 0 amide bonds. The second kappa shape index (κ2) is 8.01. The van der Waals surface area contributed by atoms with E-state index in [1.807, 2.05) is 13.0 Å². The van der Waals surface area contributed by atoms with Crippen molar-refractivity contribution in [1.29, 1.82) is 0 Å². The van der Waals surface area contributed by atoms with Gasteiger partial charge < -0.3 is 10.1 Å². The van der Waals surface area contributed by atoms with E-state index in [9.17, 15) is 4.39 Å². The Morgan fingerprint density at radius 2 is 2.17 bits per heavy atom. The maximum Gasteiger partial charge on any atom is 0.123 e. The third-order valence-corrected chi connectivity index (χ3v) is 2.87. The Morgan fingerprint density at radius 1 is 1.39 bits per heavy atom. The van der Waals surface area contributed by atoms with Crippen LogP contribution in [-0.2, 0) is 4.74 Å². The van der Waals surface area contributed by atoms with Crippen LogP contribution in [0.25, 0.3) is 5.57 Å². The number of benzene rings is 1. The monoisotopic (exact) mass is 251 g/mol. The van der Waals surface area contributed by atoms with Crippen LogP contribution in [-0.4, -0.2) is 26.8 Å². The summed E-state index contributed by atoms with van der Waals surface area (Å²) in [6.07, 6.45) is 3.15. The smallest absolute Gasteiger partial charge is 0.123 e. The van der Waals surface area contributed by atoms with Gasteiger partial charge in [-0.3, -0.25) is 0 Å². The highest BCUT2D eigenvalue weighted by molar-refractivity contribution is 5.66. The molecular formula is C15H22FNO. The molecule has 0 heterocycles. The summed E-state index contributed by atoms with van der Waals surface area (Å²) in [5.41, 5.74) is 3.30. The van der Waals surface area contributed by atoms with Gasteiger partial charge in [0.1, 0.15) is 5.82 Å². The summed E-state index contributed by atoms with van der Waals surface area (Å²) in [4.78, 5) is 0. The van der Waals surface area contributed by atoms with E-state index in [1.165, 1.54) is 11.6 Å². The Kier molecular flexibility index (Phi) is 6.61. The molecule has 0 fully saturated rings. The number of allylic oxidation sites excluding steroid dienone is 1. The van der Waals surface area contributed by atoms with Gasteiger partial charge in [-0.2, -0.15) is 0 Å². The molecule has 1 aromatic rings. The summed E-state index contributed by atoms with van der Waals surface area (Å²) in [5.74, 6) is -0.176. The average molecular weight is 251 g/mol. The summed E-state index contributed by atoms with van der Waals surface area (Å²) in [6, 6.07) is 4.93. The molecule has 100 valence electrons. The maximum atomic E-state index is 13.0. The number of hydrogen-bond donors (Lipinski definition) is 1. The van der Waals surface area contributed by atoms with Crippen molar-refractivity contribution >= 4 is 5.57 Å². The number of methoxy groups -OCH3 is 1. The molecule has 1 aromatic carbocycles. The molecule has 0 aliphatic carbocycles. The number of ether oxygens (including phenoxy) is 1. The van der Waals surface area contributed by atoms with Crippen LogP contribution in [0.1, 0.15) is 24.5 Å². The van der Waals surface area contributed by atoms with Crippen LogP contribution in [0.3, 0.4) is 0 Å². The predicted octanol–water partition coefficient (Wildman–Crippen LogP) is 3.16. The van der Waals surface area contributed by atoms with E-state index in [4.69, 9.17) is 4.74 Å². The van der Waals surface area contributed by atoms with Crippen molar-refractivity contribution in [2.75, 3.05) is 26.8 Å². The second-order valence-electron chi connectivity index (χ2n) is 4.38. The zero-order chi connectivity index (χ0) is 13.4. The van der Waals surface area contributed by atoms with Gasteiger partial charge in [-0.05, 0) is 55.6 Å². The Labute approximate surface area is 109 Å². The Bertz CT molecular complexity index is 401. The molecule has 0 saturated heterocycles. The molecule has 1 N–H and O–H groups in total. The standard InChI is InChI=1S/C15H22FNO/c1-12(5-4-8-17-9-10-18-3)15-7-6-14(16)11-13(15)2/h5-7,11,17H,4,8-10H2,1-3H3. The fraction of sp³-hybridized carbons (Fsp3) is 0.467. The average Bonchev–Trinajstić information content (AvgIpc) is 2.33. The summed E-state index contributed by atoms with van der Waals surface area (Å²) < 4.78 is 17.9. The predicted molar refractivity (Wildman–Crippen MR) is 74.2 cm³/mol. The molecule has 0 aromatic heterocycles. The summed E-state index contributed by atoms with van der Waals surface area (Å²) in [7, 11) is 1.70. The molecule has 3 heteroatoms. The summed E-state index contributed by atoms with van der Waals surface area (Å²) in [5, 5.41) is 3.29. The first-order chi connectivity index (χ1) is 8.65. The number of hydrogen-bond acceptors (Lipinski definition) is 2. The molecule has 0 aliphatic rings. The van der Waals surface area contributed by atoms with Crippen molar-refractivity contribution in [3.8, 4) is 0 Å². The molecule has 0 unspecified atom stereocenters. The lowest BCUT2D eigenvalue weighted by atomic mass is 10.0. The van der Waals surface area contributed by atoms with Crippen LogP contribution < -0.4 is 5.32 Å². The topological polar surface area (TPSA) is 21.3 Å². The van der Waals surface area contributed by atoms with E-state index in [0.29, 0.717) is 0 Å². The largest absolute Gasteiger partial charge is 0.383 e. The summed E-state index contributed by atoms with van der Waals surface area (Å²) in [6.45, 7) is 6.54. The number of aryl methyl sites for hydroxylation is 1. The quantitative estimate of drug-likeness (QED) is 0.752. The van der Waals surface area contributed by atoms with Crippen molar-refractivity contribution in [3.05, 3.63) is 41.2 Å². The van der Waals surface area contributed by atoms with Gasteiger partial charge >= 0.3 is 0 Å². The van der Waals surface area contributed by atoms with Gasteiger partial charge in [-0.15, -0.1) is 0 Å². The van der Waals surface area contributed by atoms with Crippen LogP contribution in [0.15, 0.2) is 24.3 Å². The van der Waals surface area contributed by atoms with Crippen molar-refractivity contribution in [1.82, 2.24) is 5.32 Å². The Hall–Kier alpha value is -1.19. The van der Waals surface area contributed by atoms with Crippen LogP contribution in [0, 0.1) is 12.7 Å².